The van der Waals surface area contributed by atoms with E-state index in [0.29, 0.717) is 17.6 Å². The third kappa shape index (κ3) is 6.73. The molecule has 178 valence electrons. The van der Waals surface area contributed by atoms with Gasteiger partial charge >= 0.3 is 0 Å². The highest BCUT2D eigenvalue weighted by atomic mass is 35.5. The van der Waals surface area contributed by atoms with Crippen LogP contribution in [0.2, 0.25) is 5.02 Å². The molecule has 0 unspecified atom stereocenters. The summed E-state index contributed by atoms with van der Waals surface area (Å²) in [5, 5.41) is 12.9. The van der Waals surface area contributed by atoms with Crippen molar-refractivity contribution in [3.05, 3.63) is 83.4 Å². The van der Waals surface area contributed by atoms with Crippen molar-refractivity contribution in [1.29, 1.82) is 0 Å². The van der Waals surface area contributed by atoms with E-state index in [-0.39, 0.29) is 11.7 Å². The molecule has 2 N–H and O–H groups in total. The van der Waals surface area contributed by atoms with E-state index in [2.05, 4.69) is 15.1 Å². The van der Waals surface area contributed by atoms with Crippen LogP contribution < -0.4 is 10.1 Å². The third-order valence-electron chi connectivity index (χ3n) is 6.11. The van der Waals surface area contributed by atoms with Crippen molar-refractivity contribution in [1.82, 2.24) is 9.80 Å². The predicted molar refractivity (Wildman–Crippen MR) is 136 cm³/mol. The molecule has 7 heteroatoms. The van der Waals surface area contributed by atoms with Gasteiger partial charge in [0.2, 0.25) is 5.91 Å². The minimum Gasteiger partial charge on any atom is -0.506 e. The van der Waals surface area contributed by atoms with Crippen molar-refractivity contribution < 1.29 is 14.6 Å². The lowest BCUT2D eigenvalue weighted by Gasteiger charge is -2.36. The van der Waals surface area contributed by atoms with Crippen molar-refractivity contribution in [2.45, 2.75) is 25.4 Å². The predicted octanol–water partition coefficient (Wildman–Crippen LogP) is 5.37. The number of piperidine rings is 1. The van der Waals surface area contributed by atoms with Gasteiger partial charge in [-0.3, -0.25) is 14.6 Å². The van der Waals surface area contributed by atoms with Gasteiger partial charge in [-0.1, -0.05) is 35.9 Å². The van der Waals surface area contributed by atoms with Crippen LogP contribution in [0.25, 0.3) is 0 Å². The molecule has 0 bridgehead atoms. The molecule has 1 heterocycles. The topological polar surface area (TPSA) is 65.0 Å². The van der Waals surface area contributed by atoms with Gasteiger partial charge in [-0.25, -0.2) is 0 Å². The fourth-order valence-electron chi connectivity index (χ4n) is 4.21. The number of likely N-dealkylation sites (tertiary alicyclic amines) is 1. The SMILES string of the molecule is CN(CC(=O)Nc1ccc(Oc2ccccc2)cc1)C1CCN(Cc2ccc(O)c(Cl)c2)CC1. The lowest BCUT2D eigenvalue weighted by atomic mass is 10.0. The number of likely N-dealkylation sites (N-methyl/N-ethyl adjacent to an activating group) is 1. The molecular formula is C27H30ClN3O3. The van der Waals surface area contributed by atoms with Crippen LogP contribution >= 0.6 is 11.6 Å². The Morgan fingerprint density at radius 1 is 1.06 bits per heavy atom. The molecule has 1 saturated heterocycles. The molecule has 6 nitrogen and oxygen atoms in total. The number of ether oxygens (including phenoxy) is 1. The summed E-state index contributed by atoms with van der Waals surface area (Å²) >= 11 is 6.02. The van der Waals surface area contributed by atoms with Crippen molar-refractivity contribution in [3.8, 4) is 17.2 Å². The van der Waals surface area contributed by atoms with E-state index in [9.17, 15) is 9.90 Å². The molecule has 1 aliphatic heterocycles. The van der Waals surface area contributed by atoms with Crippen LogP contribution in [-0.4, -0.2) is 53.5 Å². The maximum atomic E-state index is 12.6. The Hall–Kier alpha value is -3.06. The molecule has 3 aromatic rings. The molecule has 0 atom stereocenters. The molecule has 0 aromatic heterocycles. The van der Waals surface area contributed by atoms with Crippen LogP contribution in [0.4, 0.5) is 5.69 Å². The maximum Gasteiger partial charge on any atom is 0.238 e. The largest absolute Gasteiger partial charge is 0.506 e. The van der Waals surface area contributed by atoms with E-state index in [1.807, 2.05) is 73.8 Å². The van der Waals surface area contributed by atoms with Crippen molar-refractivity contribution >= 4 is 23.2 Å². The number of hydrogen-bond donors (Lipinski definition) is 2. The van der Waals surface area contributed by atoms with Crippen molar-refractivity contribution in [2.24, 2.45) is 0 Å². The van der Waals surface area contributed by atoms with Crippen LogP contribution in [0, 0.1) is 0 Å². The van der Waals surface area contributed by atoms with Gasteiger partial charge in [-0.05, 0) is 87.1 Å². The summed E-state index contributed by atoms with van der Waals surface area (Å²) in [5.41, 5.74) is 1.84. The van der Waals surface area contributed by atoms with E-state index >= 15 is 0 Å². The van der Waals surface area contributed by atoms with Crippen LogP contribution in [0.15, 0.2) is 72.8 Å². The molecule has 34 heavy (non-hydrogen) atoms. The Kier molecular flexibility index (Phi) is 8.06. The number of carbonyl (C=O) groups is 1. The minimum atomic E-state index is -0.0274. The van der Waals surface area contributed by atoms with E-state index in [4.69, 9.17) is 16.3 Å². The molecule has 1 amide bonds. The lowest BCUT2D eigenvalue weighted by molar-refractivity contribution is -0.117. The first-order valence-electron chi connectivity index (χ1n) is 11.5. The van der Waals surface area contributed by atoms with Gasteiger partial charge in [-0.15, -0.1) is 0 Å². The number of phenols is 1. The highest BCUT2D eigenvalue weighted by Gasteiger charge is 2.24. The first-order chi connectivity index (χ1) is 16.5. The number of amides is 1. The molecule has 0 radical (unpaired) electrons. The van der Waals surface area contributed by atoms with Crippen molar-refractivity contribution in [3.63, 3.8) is 0 Å². The number of nitrogens with zero attached hydrogens (tertiary/aromatic N) is 2. The molecule has 4 rings (SSSR count). The number of anilines is 1. The van der Waals surface area contributed by atoms with E-state index in [0.717, 1.165) is 55.2 Å². The number of carbonyl (C=O) groups excluding carboxylic acids is 1. The third-order valence-corrected chi connectivity index (χ3v) is 6.41. The Balaban J connectivity index is 1.20. The van der Waals surface area contributed by atoms with E-state index < -0.39 is 0 Å². The highest BCUT2D eigenvalue weighted by molar-refractivity contribution is 6.32. The van der Waals surface area contributed by atoms with E-state index in [1.165, 1.54) is 0 Å². The molecule has 0 saturated carbocycles. The Labute approximate surface area is 205 Å². The molecule has 1 fully saturated rings. The van der Waals surface area contributed by atoms with Crippen LogP contribution in [-0.2, 0) is 11.3 Å². The summed E-state index contributed by atoms with van der Waals surface area (Å²) < 4.78 is 5.80. The molecular weight excluding hydrogens is 450 g/mol. The monoisotopic (exact) mass is 479 g/mol. The number of para-hydroxylation sites is 1. The van der Waals surface area contributed by atoms with E-state index in [1.54, 1.807) is 6.07 Å². The first-order valence-corrected chi connectivity index (χ1v) is 11.9. The first kappa shape index (κ1) is 24.1. The average Bonchev–Trinajstić information content (AvgIpc) is 2.84. The number of aromatic hydroxyl groups is 1. The standard InChI is InChI=1S/C27H30ClN3O3/c1-30(22-13-15-31(16-14-22)18-20-7-12-26(32)25(28)17-20)19-27(33)29-21-8-10-24(11-9-21)34-23-5-3-2-4-6-23/h2-12,17,22,32H,13-16,18-19H2,1H3,(H,29,33). The Bertz CT molecular complexity index is 1080. The van der Waals surface area contributed by atoms with Crippen LogP contribution in [0.5, 0.6) is 17.2 Å². The zero-order valence-corrected chi connectivity index (χ0v) is 20.0. The highest BCUT2D eigenvalue weighted by Crippen LogP contribution is 2.26. The Morgan fingerprint density at radius 3 is 2.41 bits per heavy atom. The second-order valence-electron chi connectivity index (χ2n) is 8.70. The summed E-state index contributed by atoms with van der Waals surface area (Å²) in [6, 6.07) is 22.7. The number of phenolic OH excluding ortho intramolecular Hbond substituents is 1. The summed E-state index contributed by atoms with van der Waals surface area (Å²) in [7, 11) is 2.01. The lowest BCUT2D eigenvalue weighted by Crippen LogP contribution is -2.45. The summed E-state index contributed by atoms with van der Waals surface area (Å²) in [6.45, 7) is 3.07. The molecule has 1 aliphatic rings. The fraction of sp³-hybridized carbons (Fsp3) is 0.296. The number of hydrogen-bond acceptors (Lipinski definition) is 5. The molecule has 0 spiro atoms. The summed E-state index contributed by atoms with van der Waals surface area (Å²) in [6.07, 6.45) is 2.00. The normalized spacial score (nSPS) is 14.8. The number of rotatable bonds is 8. The van der Waals surface area contributed by atoms with Gasteiger partial charge in [0.05, 0.1) is 11.6 Å². The van der Waals surface area contributed by atoms with Gasteiger partial charge in [0.1, 0.15) is 17.2 Å². The summed E-state index contributed by atoms with van der Waals surface area (Å²) in [5.74, 6) is 1.59. The van der Waals surface area contributed by atoms with Crippen molar-refractivity contribution in [2.75, 3.05) is 32.0 Å². The second-order valence-corrected chi connectivity index (χ2v) is 9.10. The maximum absolute atomic E-state index is 12.6. The number of nitrogens with one attached hydrogen (secondary N) is 1. The second kappa shape index (κ2) is 11.4. The Morgan fingerprint density at radius 2 is 1.74 bits per heavy atom. The smallest absolute Gasteiger partial charge is 0.238 e. The van der Waals surface area contributed by atoms with Crippen LogP contribution in [0.3, 0.4) is 0 Å². The fourth-order valence-corrected chi connectivity index (χ4v) is 4.42. The number of halogens is 1. The van der Waals surface area contributed by atoms with Gasteiger partial charge in [0, 0.05) is 18.3 Å². The quantitative estimate of drug-likeness (QED) is 0.454. The minimum absolute atomic E-state index is 0.0274. The van der Waals surface area contributed by atoms with Gasteiger partial charge in [-0.2, -0.15) is 0 Å². The molecule has 3 aromatic carbocycles. The van der Waals surface area contributed by atoms with Gasteiger partial charge in [0.15, 0.2) is 0 Å². The van der Waals surface area contributed by atoms with Gasteiger partial charge in [0.25, 0.3) is 0 Å². The van der Waals surface area contributed by atoms with Crippen LogP contribution in [0.1, 0.15) is 18.4 Å². The number of benzene rings is 3. The van der Waals surface area contributed by atoms with Gasteiger partial charge < -0.3 is 15.2 Å². The molecule has 0 aliphatic carbocycles. The zero-order chi connectivity index (χ0) is 23.9. The summed E-state index contributed by atoms with van der Waals surface area (Å²) in [4.78, 5) is 17.1. The zero-order valence-electron chi connectivity index (χ0n) is 19.3. The average molecular weight is 480 g/mol.